The Kier molecular flexibility index (Phi) is 3.16. The number of amides is 1. The smallest absolute Gasteiger partial charge is 0.415 e. The second-order valence-corrected chi connectivity index (χ2v) is 6.08. The first-order valence-electron chi connectivity index (χ1n) is 6.99. The van der Waals surface area contributed by atoms with E-state index in [0.717, 1.165) is 22.5 Å². The Morgan fingerprint density at radius 3 is 2.62 bits per heavy atom. The van der Waals surface area contributed by atoms with Crippen molar-refractivity contribution < 1.29 is 9.53 Å². The van der Waals surface area contributed by atoms with Gasteiger partial charge in [0.1, 0.15) is 5.60 Å². The van der Waals surface area contributed by atoms with Crippen LogP contribution in [0.3, 0.4) is 0 Å². The van der Waals surface area contributed by atoms with E-state index >= 15 is 0 Å². The monoisotopic (exact) mass is 282 g/mol. The number of anilines is 1. The van der Waals surface area contributed by atoms with Crippen molar-refractivity contribution in [2.24, 2.45) is 0 Å². The van der Waals surface area contributed by atoms with E-state index in [0.29, 0.717) is 6.54 Å². The molecule has 0 spiro atoms. The van der Waals surface area contributed by atoms with Crippen molar-refractivity contribution in [3.63, 3.8) is 0 Å². The number of carbonyl (C=O) groups excluding carboxylic acids is 1. The van der Waals surface area contributed by atoms with Gasteiger partial charge in [0.2, 0.25) is 0 Å². The van der Waals surface area contributed by atoms with Crippen molar-refractivity contribution >= 4 is 11.8 Å². The number of rotatable bonds is 0. The molecule has 0 saturated carbocycles. The minimum absolute atomic E-state index is 0.341. The molecule has 1 aromatic heterocycles. The van der Waals surface area contributed by atoms with E-state index in [2.05, 4.69) is 4.98 Å². The predicted molar refractivity (Wildman–Crippen MR) is 82.1 cm³/mol. The summed E-state index contributed by atoms with van der Waals surface area (Å²) in [4.78, 5) is 18.5. The van der Waals surface area contributed by atoms with E-state index in [4.69, 9.17) is 4.74 Å². The van der Waals surface area contributed by atoms with Gasteiger partial charge in [-0.15, -0.1) is 0 Å². The van der Waals surface area contributed by atoms with Crippen LogP contribution in [0.1, 0.15) is 26.5 Å². The molecule has 0 saturated heterocycles. The second kappa shape index (κ2) is 4.88. The van der Waals surface area contributed by atoms with Crippen LogP contribution in [0.15, 0.2) is 42.6 Å². The van der Waals surface area contributed by atoms with Crippen molar-refractivity contribution in [1.82, 2.24) is 4.98 Å². The number of hydrogen-bond acceptors (Lipinski definition) is 3. The van der Waals surface area contributed by atoms with Gasteiger partial charge in [0, 0.05) is 17.3 Å². The average molecular weight is 282 g/mol. The van der Waals surface area contributed by atoms with Crippen molar-refractivity contribution in [2.45, 2.75) is 32.9 Å². The van der Waals surface area contributed by atoms with Gasteiger partial charge in [-0.2, -0.15) is 0 Å². The molecule has 1 aliphatic heterocycles. The molecular formula is C17H18N2O2. The minimum Gasteiger partial charge on any atom is -0.443 e. The molecule has 4 nitrogen and oxygen atoms in total. The molecule has 108 valence electrons. The van der Waals surface area contributed by atoms with Crippen LogP contribution >= 0.6 is 0 Å². The lowest BCUT2D eigenvalue weighted by Crippen LogP contribution is -2.38. The minimum atomic E-state index is -0.517. The lowest BCUT2D eigenvalue weighted by atomic mass is 9.97. The fraction of sp³-hybridized carbons (Fsp3) is 0.294. The summed E-state index contributed by atoms with van der Waals surface area (Å²) in [5.74, 6) is 0. The Bertz CT molecular complexity index is 689. The predicted octanol–water partition coefficient (Wildman–Crippen LogP) is 4.00. The normalized spacial score (nSPS) is 13.4. The number of para-hydroxylation sites is 1. The van der Waals surface area contributed by atoms with E-state index in [9.17, 15) is 4.79 Å². The maximum absolute atomic E-state index is 12.5. The quantitative estimate of drug-likeness (QED) is 0.733. The Balaban J connectivity index is 2.04. The molecule has 1 aliphatic rings. The molecule has 2 heterocycles. The average Bonchev–Trinajstić information content (AvgIpc) is 2.44. The Morgan fingerprint density at radius 1 is 1.14 bits per heavy atom. The third-order valence-corrected chi connectivity index (χ3v) is 3.30. The number of carbonyl (C=O) groups is 1. The summed E-state index contributed by atoms with van der Waals surface area (Å²) in [6.45, 7) is 6.04. The number of pyridine rings is 1. The molecule has 4 heteroatoms. The lowest BCUT2D eigenvalue weighted by Gasteiger charge is -2.32. The largest absolute Gasteiger partial charge is 0.443 e. The third kappa shape index (κ3) is 2.61. The third-order valence-electron chi connectivity index (χ3n) is 3.30. The van der Waals surface area contributed by atoms with Gasteiger partial charge in [-0.3, -0.25) is 9.88 Å². The van der Waals surface area contributed by atoms with Crippen molar-refractivity contribution in [2.75, 3.05) is 4.90 Å². The molecule has 0 atom stereocenters. The highest BCUT2D eigenvalue weighted by molar-refractivity contribution is 5.96. The SMILES string of the molecule is CC(C)(C)OC(=O)N1Cc2ncccc2-c2ccccc21. The van der Waals surface area contributed by atoms with Gasteiger partial charge in [0.25, 0.3) is 0 Å². The molecule has 2 aromatic rings. The first-order valence-corrected chi connectivity index (χ1v) is 6.99. The molecule has 0 aliphatic carbocycles. The van der Waals surface area contributed by atoms with Gasteiger partial charge < -0.3 is 4.74 Å². The molecule has 0 radical (unpaired) electrons. The van der Waals surface area contributed by atoms with Gasteiger partial charge in [-0.05, 0) is 32.9 Å². The zero-order valence-corrected chi connectivity index (χ0v) is 12.5. The van der Waals surface area contributed by atoms with Crippen LogP contribution in [0.5, 0.6) is 0 Å². The van der Waals surface area contributed by atoms with Gasteiger partial charge in [-0.1, -0.05) is 24.3 Å². The maximum atomic E-state index is 12.5. The summed E-state index contributed by atoms with van der Waals surface area (Å²) in [5, 5.41) is 0. The van der Waals surface area contributed by atoms with Gasteiger partial charge in [-0.25, -0.2) is 4.79 Å². The number of fused-ring (bicyclic) bond motifs is 3. The summed E-state index contributed by atoms with van der Waals surface area (Å²) in [7, 11) is 0. The maximum Gasteiger partial charge on any atom is 0.415 e. The van der Waals surface area contributed by atoms with Gasteiger partial charge >= 0.3 is 6.09 Å². The standard InChI is InChI=1S/C17H18N2O2/c1-17(2,3)21-16(20)19-11-14-12(8-6-10-18-14)13-7-4-5-9-15(13)19/h4-10H,11H2,1-3H3. The van der Waals surface area contributed by atoms with Crippen LogP contribution in [0, 0.1) is 0 Å². The van der Waals surface area contributed by atoms with E-state index < -0.39 is 5.60 Å². The molecule has 0 unspecified atom stereocenters. The molecule has 1 amide bonds. The number of aromatic nitrogens is 1. The van der Waals surface area contributed by atoms with Crippen molar-refractivity contribution in [3.05, 3.63) is 48.3 Å². The van der Waals surface area contributed by atoms with Gasteiger partial charge in [0.05, 0.1) is 17.9 Å². The number of ether oxygens (including phenoxy) is 1. The zero-order chi connectivity index (χ0) is 15.0. The lowest BCUT2D eigenvalue weighted by molar-refractivity contribution is 0.0576. The highest BCUT2D eigenvalue weighted by Gasteiger charge is 2.30. The first-order chi connectivity index (χ1) is 9.96. The molecule has 0 N–H and O–H groups in total. The summed E-state index contributed by atoms with van der Waals surface area (Å²) < 4.78 is 5.51. The van der Waals surface area contributed by atoms with Crippen LogP contribution in [0.25, 0.3) is 11.1 Å². The molecule has 3 rings (SSSR count). The molecule has 0 fully saturated rings. The number of nitrogens with zero attached hydrogens (tertiary/aromatic N) is 2. The Hall–Kier alpha value is -2.36. The van der Waals surface area contributed by atoms with Crippen LogP contribution in [-0.4, -0.2) is 16.7 Å². The Morgan fingerprint density at radius 2 is 1.86 bits per heavy atom. The fourth-order valence-corrected chi connectivity index (χ4v) is 2.46. The zero-order valence-electron chi connectivity index (χ0n) is 12.5. The molecule has 0 bridgehead atoms. The fourth-order valence-electron chi connectivity index (χ4n) is 2.46. The molecule has 1 aromatic carbocycles. The van der Waals surface area contributed by atoms with Crippen LogP contribution in [0.4, 0.5) is 10.5 Å². The summed E-state index contributed by atoms with van der Waals surface area (Å²) in [5.41, 5.74) is 3.33. The highest BCUT2D eigenvalue weighted by Crippen LogP contribution is 2.38. The van der Waals surface area contributed by atoms with Crippen LogP contribution in [-0.2, 0) is 11.3 Å². The number of benzene rings is 1. The highest BCUT2D eigenvalue weighted by atomic mass is 16.6. The van der Waals surface area contributed by atoms with Crippen molar-refractivity contribution in [3.8, 4) is 11.1 Å². The summed E-state index contributed by atoms with van der Waals surface area (Å²) in [6.07, 6.45) is 1.41. The summed E-state index contributed by atoms with van der Waals surface area (Å²) >= 11 is 0. The van der Waals surface area contributed by atoms with E-state index in [-0.39, 0.29) is 6.09 Å². The number of hydrogen-bond donors (Lipinski definition) is 0. The molecular weight excluding hydrogens is 264 g/mol. The van der Waals surface area contributed by atoms with Crippen LogP contribution < -0.4 is 4.90 Å². The van der Waals surface area contributed by atoms with E-state index in [1.165, 1.54) is 0 Å². The van der Waals surface area contributed by atoms with Crippen LogP contribution in [0.2, 0.25) is 0 Å². The summed E-state index contributed by atoms with van der Waals surface area (Å²) in [6, 6.07) is 11.8. The Labute approximate surface area is 124 Å². The van der Waals surface area contributed by atoms with Gasteiger partial charge in [0.15, 0.2) is 0 Å². The van der Waals surface area contributed by atoms with Crippen molar-refractivity contribution in [1.29, 1.82) is 0 Å². The topological polar surface area (TPSA) is 42.4 Å². The van der Waals surface area contributed by atoms with E-state index in [1.54, 1.807) is 11.1 Å². The molecule has 21 heavy (non-hydrogen) atoms. The van der Waals surface area contributed by atoms with E-state index in [1.807, 2.05) is 57.2 Å². The second-order valence-electron chi connectivity index (χ2n) is 6.08. The first kappa shape index (κ1) is 13.6.